The Morgan fingerprint density at radius 2 is 1.76 bits per heavy atom. The zero-order valence-electron chi connectivity index (χ0n) is 13.2. The van der Waals surface area contributed by atoms with E-state index in [1.807, 2.05) is 0 Å². The molecule has 0 aliphatic rings. The van der Waals surface area contributed by atoms with Crippen LogP contribution in [0.4, 0.5) is 0 Å². The smallest absolute Gasteiger partial charge is 0.320 e. The molecule has 116 valence electrons. The monoisotopic (exact) mass is 292 g/mol. The second kappa shape index (κ2) is 7.25. The maximum atomic E-state index is 11.3. The van der Waals surface area contributed by atoms with E-state index >= 15 is 0 Å². The highest BCUT2D eigenvalue weighted by molar-refractivity contribution is 5.93. The zero-order chi connectivity index (χ0) is 16.0. The third kappa shape index (κ3) is 5.21. The summed E-state index contributed by atoms with van der Waals surface area (Å²) >= 11 is 0. The van der Waals surface area contributed by atoms with E-state index < -0.39 is 17.9 Å². The molecule has 0 bridgehead atoms. The molecule has 1 atom stereocenters. The number of carbonyl (C=O) groups is 2. The van der Waals surface area contributed by atoms with Gasteiger partial charge in [-0.05, 0) is 35.8 Å². The van der Waals surface area contributed by atoms with E-state index in [0.29, 0.717) is 12.8 Å². The Morgan fingerprint density at radius 1 is 1.19 bits per heavy atom. The van der Waals surface area contributed by atoms with Crippen LogP contribution in [0.25, 0.3) is 0 Å². The molecule has 1 N–H and O–H groups in total. The molecule has 0 saturated heterocycles. The van der Waals surface area contributed by atoms with Crippen LogP contribution in [-0.4, -0.2) is 24.2 Å². The molecule has 0 aliphatic carbocycles. The van der Waals surface area contributed by atoms with Crippen LogP contribution in [0.5, 0.6) is 0 Å². The number of carboxylic acids is 1. The summed E-state index contributed by atoms with van der Waals surface area (Å²) in [6.45, 7) is 6.49. The Hall–Kier alpha value is -1.84. The fourth-order valence-electron chi connectivity index (χ4n) is 2.17. The lowest BCUT2D eigenvalue weighted by Crippen LogP contribution is -2.25. The lowest BCUT2D eigenvalue weighted by atomic mass is 9.86. The van der Waals surface area contributed by atoms with E-state index in [1.54, 1.807) is 0 Å². The predicted molar refractivity (Wildman–Crippen MR) is 81.2 cm³/mol. The van der Waals surface area contributed by atoms with Gasteiger partial charge in [-0.3, -0.25) is 9.59 Å². The average Bonchev–Trinajstić information content (AvgIpc) is 2.42. The molecule has 0 spiro atoms. The molecule has 0 saturated carbocycles. The quantitative estimate of drug-likeness (QED) is 0.646. The molecule has 4 heteroatoms. The maximum absolute atomic E-state index is 11.3. The van der Waals surface area contributed by atoms with Crippen molar-refractivity contribution >= 4 is 11.9 Å². The Labute approximate surface area is 126 Å². The van der Waals surface area contributed by atoms with Crippen molar-refractivity contribution in [2.24, 2.45) is 5.92 Å². The highest BCUT2D eigenvalue weighted by Crippen LogP contribution is 2.22. The number of benzene rings is 1. The molecule has 0 amide bonds. The van der Waals surface area contributed by atoms with Crippen molar-refractivity contribution in [1.29, 1.82) is 0 Å². The van der Waals surface area contributed by atoms with Crippen LogP contribution in [0.15, 0.2) is 24.3 Å². The number of rotatable bonds is 6. The van der Waals surface area contributed by atoms with E-state index in [1.165, 1.54) is 12.7 Å². The fraction of sp³-hybridized carbons (Fsp3) is 0.529. The SMILES string of the molecule is COC(=O)C(CCCc1ccc(C(C)(C)C)cc1)C(=O)O. The second-order valence-electron chi connectivity index (χ2n) is 6.25. The molecular weight excluding hydrogens is 268 g/mol. The van der Waals surface area contributed by atoms with Gasteiger partial charge in [0.1, 0.15) is 0 Å². The molecule has 0 heterocycles. The summed E-state index contributed by atoms with van der Waals surface area (Å²) in [7, 11) is 1.21. The minimum absolute atomic E-state index is 0.123. The highest BCUT2D eigenvalue weighted by atomic mass is 16.5. The highest BCUT2D eigenvalue weighted by Gasteiger charge is 2.26. The average molecular weight is 292 g/mol. The van der Waals surface area contributed by atoms with E-state index in [-0.39, 0.29) is 5.41 Å². The molecular formula is C17H24O4. The lowest BCUT2D eigenvalue weighted by molar-refractivity contribution is -0.157. The predicted octanol–water partition coefficient (Wildman–Crippen LogP) is 3.18. The number of hydrogen-bond acceptors (Lipinski definition) is 3. The van der Waals surface area contributed by atoms with Gasteiger partial charge in [0.05, 0.1) is 7.11 Å². The van der Waals surface area contributed by atoms with Crippen LogP contribution in [0.2, 0.25) is 0 Å². The van der Waals surface area contributed by atoms with E-state index in [2.05, 4.69) is 49.8 Å². The van der Waals surface area contributed by atoms with Gasteiger partial charge in [0.2, 0.25) is 0 Å². The van der Waals surface area contributed by atoms with Gasteiger partial charge in [-0.2, -0.15) is 0 Å². The third-order valence-corrected chi connectivity index (χ3v) is 3.56. The Balaban J connectivity index is 2.56. The molecule has 0 aliphatic heterocycles. The van der Waals surface area contributed by atoms with Crippen molar-refractivity contribution in [2.45, 2.75) is 45.4 Å². The second-order valence-corrected chi connectivity index (χ2v) is 6.25. The molecule has 1 unspecified atom stereocenters. The van der Waals surface area contributed by atoms with Gasteiger partial charge in [0.25, 0.3) is 0 Å². The van der Waals surface area contributed by atoms with Crippen LogP contribution >= 0.6 is 0 Å². The Morgan fingerprint density at radius 3 is 2.19 bits per heavy atom. The van der Waals surface area contributed by atoms with E-state index in [4.69, 9.17) is 5.11 Å². The zero-order valence-corrected chi connectivity index (χ0v) is 13.2. The molecule has 1 rings (SSSR count). The number of methoxy groups -OCH3 is 1. The van der Waals surface area contributed by atoms with E-state index in [0.717, 1.165) is 12.0 Å². The fourth-order valence-corrected chi connectivity index (χ4v) is 2.17. The first-order valence-corrected chi connectivity index (χ1v) is 7.15. The number of aliphatic carboxylic acids is 1. The van der Waals surface area contributed by atoms with Gasteiger partial charge in [-0.15, -0.1) is 0 Å². The number of carboxylic acid groups (broad SMARTS) is 1. The van der Waals surface area contributed by atoms with Gasteiger partial charge in [-0.25, -0.2) is 0 Å². The summed E-state index contributed by atoms with van der Waals surface area (Å²) < 4.78 is 4.51. The first-order valence-electron chi connectivity index (χ1n) is 7.15. The molecule has 0 fully saturated rings. The summed E-state index contributed by atoms with van der Waals surface area (Å²) in [6, 6.07) is 8.33. The number of carbonyl (C=O) groups excluding carboxylic acids is 1. The summed E-state index contributed by atoms with van der Waals surface area (Å²) in [4.78, 5) is 22.3. The van der Waals surface area contributed by atoms with Crippen LogP contribution in [0, 0.1) is 5.92 Å². The number of ether oxygens (including phenoxy) is 1. The van der Waals surface area contributed by atoms with Crippen molar-refractivity contribution in [3.63, 3.8) is 0 Å². The van der Waals surface area contributed by atoms with Gasteiger partial charge >= 0.3 is 11.9 Å². The van der Waals surface area contributed by atoms with Crippen molar-refractivity contribution in [2.75, 3.05) is 7.11 Å². The normalized spacial score (nSPS) is 12.8. The molecule has 21 heavy (non-hydrogen) atoms. The molecule has 4 nitrogen and oxygen atoms in total. The van der Waals surface area contributed by atoms with E-state index in [9.17, 15) is 9.59 Å². The topological polar surface area (TPSA) is 63.6 Å². The number of hydrogen-bond donors (Lipinski definition) is 1. The first kappa shape index (κ1) is 17.2. The number of aryl methyl sites for hydroxylation is 1. The first-order chi connectivity index (χ1) is 9.75. The van der Waals surface area contributed by atoms with Gasteiger partial charge in [-0.1, -0.05) is 45.0 Å². The van der Waals surface area contributed by atoms with Crippen molar-refractivity contribution in [3.8, 4) is 0 Å². The van der Waals surface area contributed by atoms with Gasteiger partial charge in [0.15, 0.2) is 5.92 Å². The van der Waals surface area contributed by atoms with Gasteiger partial charge < -0.3 is 9.84 Å². The maximum Gasteiger partial charge on any atom is 0.320 e. The van der Waals surface area contributed by atoms with Crippen LogP contribution in [0.1, 0.15) is 44.7 Å². The number of esters is 1. The molecule has 1 aromatic carbocycles. The van der Waals surface area contributed by atoms with Crippen molar-refractivity contribution in [3.05, 3.63) is 35.4 Å². The minimum atomic E-state index is -1.12. The van der Waals surface area contributed by atoms with Crippen LogP contribution in [0.3, 0.4) is 0 Å². The molecule has 0 aromatic heterocycles. The summed E-state index contributed by atoms with van der Waals surface area (Å²) in [6.07, 6.45) is 1.69. The summed E-state index contributed by atoms with van der Waals surface area (Å²) in [5.74, 6) is -2.86. The summed E-state index contributed by atoms with van der Waals surface area (Å²) in [5, 5.41) is 9.00. The van der Waals surface area contributed by atoms with Gasteiger partial charge in [0, 0.05) is 0 Å². The largest absolute Gasteiger partial charge is 0.481 e. The van der Waals surface area contributed by atoms with Crippen molar-refractivity contribution < 1.29 is 19.4 Å². The van der Waals surface area contributed by atoms with Crippen molar-refractivity contribution in [1.82, 2.24) is 0 Å². The lowest BCUT2D eigenvalue weighted by Gasteiger charge is -2.19. The third-order valence-electron chi connectivity index (χ3n) is 3.56. The Bertz CT molecular complexity index is 483. The standard InChI is InChI=1S/C17H24O4/c1-17(2,3)13-10-8-12(9-11-13)6-5-7-14(15(18)19)16(20)21-4/h8-11,14H,5-7H2,1-4H3,(H,18,19). The van der Waals surface area contributed by atoms with Crippen LogP contribution in [-0.2, 0) is 26.2 Å². The molecule has 1 aromatic rings. The Kier molecular flexibility index (Phi) is 5.94. The minimum Gasteiger partial charge on any atom is -0.481 e. The van der Waals surface area contributed by atoms with Crippen LogP contribution < -0.4 is 0 Å². The summed E-state index contributed by atoms with van der Waals surface area (Å²) in [5.41, 5.74) is 2.54. The molecule has 0 radical (unpaired) electrons.